The highest BCUT2D eigenvalue weighted by Gasteiger charge is 2.60. The highest BCUT2D eigenvalue weighted by Crippen LogP contribution is 2.46. The molecule has 0 bridgehead atoms. The summed E-state index contributed by atoms with van der Waals surface area (Å²) in [4.78, 5) is 13.6. The van der Waals surface area contributed by atoms with Gasteiger partial charge in [0.05, 0.1) is 0 Å². The summed E-state index contributed by atoms with van der Waals surface area (Å²) in [6.07, 6.45) is 0.994. The summed E-state index contributed by atoms with van der Waals surface area (Å²) < 4.78 is 25.0. The number of rotatable bonds is 3. The molecule has 5 nitrogen and oxygen atoms in total. The second-order valence-corrected chi connectivity index (χ2v) is 7.01. The lowest BCUT2D eigenvalue weighted by molar-refractivity contribution is -0.117. The summed E-state index contributed by atoms with van der Waals surface area (Å²) in [6, 6.07) is 0. The summed E-state index contributed by atoms with van der Waals surface area (Å²) in [7, 11) is -1.44. The molecule has 1 saturated heterocycles. The quantitative estimate of drug-likeness (QED) is 0.685. The molecule has 1 heterocycles. The van der Waals surface area contributed by atoms with Crippen LogP contribution in [0.25, 0.3) is 0 Å². The van der Waals surface area contributed by atoms with Crippen molar-refractivity contribution in [2.75, 3.05) is 33.2 Å². The van der Waals surface area contributed by atoms with Gasteiger partial charge in [-0.05, 0) is 26.8 Å². The van der Waals surface area contributed by atoms with Crippen LogP contribution in [0.15, 0.2) is 0 Å². The Kier molecular flexibility index (Phi) is 2.84. The lowest BCUT2D eigenvalue weighted by atomic mass is 10.3. The molecule has 0 N–H and O–H groups in total. The van der Waals surface area contributed by atoms with Gasteiger partial charge in [0.15, 0.2) is 5.78 Å². The maximum absolute atomic E-state index is 12.3. The molecule has 1 aliphatic carbocycles. The van der Waals surface area contributed by atoms with E-state index >= 15 is 0 Å². The van der Waals surface area contributed by atoms with Gasteiger partial charge in [0.1, 0.15) is 4.75 Å². The number of piperazine rings is 1. The van der Waals surface area contributed by atoms with Gasteiger partial charge in [-0.25, -0.2) is 8.42 Å². The van der Waals surface area contributed by atoms with Crippen LogP contribution >= 0.6 is 0 Å². The van der Waals surface area contributed by atoms with Gasteiger partial charge >= 0.3 is 0 Å². The van der Waals surface area contributed by atoms with E-state index < -0.39 is 14.8 Å². The fraction of sp³-hybridized carbons (Fsp3) is 0.900. The number of carbonyl (C=O) groups is 1. The Morgan fingerprint density at radius 2 is 1.62 bits per heavy atom. The van der Waals surface area contributed by atoms with Crippen molar-refractivity contribution in [2.45, 2.75) is 24.5 Å². The Morgan fingerprint density at radius 3 is 2.00 bits per heavy atom. The topological polar surface area (TPSA) is 57.7 Å². The number of hydrogen-bond acceptors (Lipinski definition) is 4. The monoisotopic (exact) mass is 246 g/mol. The lowest BCUT2D eigenvalue weighted by Gasteiger charge is -2.33. The average molecular weight is 246 g/mol. The van der Waals surface area contributed by atoms with Crippen molar-refractivity contribution in [1.29, 1.82) is 0 Å². The van der Waals surface area contributed by atoms with Crippen LogP contribution in [-0.4, -0.2) is 61.4 Å². The number of Topliss-reactive ketones (excluding diaryl/α,β-unsaturated/α-hetero) is 1. The van der Waals surface area contributed by atoms with Gasteiger partial charge in [0.2, 0.25) is 10.0 Å². The predicted octanol–water partition coefficient (Wildman–Crippen LogP) is -0.315. The molecule has 2 aliphatic rings. The zero-order valence-corrected chi connectivity index (χ0v) is 10.6. The Morgan fingerprint density at radius 1 is 1.12 bits per heavy atom. The summed E-state index contributed by atoms with van der Waals surface area (Å²) >= 11 is 0. The molecule has 0 aromatic carbocycles. The molecular formula is C10H18N2O3S. The van der Waals surface area contributed by atoms with Gasteiger partial charge in [-0.1, -0.05) is 0 Å². The zero-order valence-electron chi connectivity index (χ0n) is 9.77. The van der Waals surface area contributed by atoms with E-state index in [0.29, 0.717) is 25.9 Å². The molecule has 6 heteroatoms. The lowest BCUT2D eigenvalue weighted by Crippen LogP contribution is -2.52. The van der Waals surface area contributed by atoms with Crippen LogP contribution in [0.5, 0.6) is 0 Å². The minimum atomic E-state index is -3.42. The van der Waals surface area contributed by atoms with E-state index in [1.807, 2.05) is 7.05 Å². The first-order chi connectivity index (χ1) is 7.40. The van der Waals surface area contributed by atoms with Crippen molar-refractivity contribution in [3.63, 3.8) is 0 Å². The fourth-order valence-electron chi connectivity index (χ4n) is 2.18. The maximum Gasteiger partial charge on any atom is 0.227 e. The van der Waals surface area contributed by atoms with E-state index in [1.54, 1.807) is 0 Å². The normalized spacial score (nSPS) is 26.6. The Hall–Kier alpha value is -0.460. The van der Waals surface area contributed by atoms with Crippen LogP contribution in [-0.2, 0) is 14.8 Å². The molecule has 2 fully saturated rings. The van der Waals surface area contributed by atoms with Gasteiger partial charge in [-0.3, -0.25) is 4.79 Å². The van der Waals surface area contributed by atoms with Gasteiger partial charge in [-0.15, -0.1) is 0 Å². The molecular weight excluding hydrogens is 228 g/mol. The second kappa shape index (κ2) is 3.78. The summed E-state index contributed by atoms with van der Waals surface area (Å²) in [5.41, 5.74) is 0. The molecule has 0 aromatic heterocycles. The number of carbonyl (C=O) groups excluding carboxylic acids is 1. The summed E-state index contributed by atoms with van der Waals surface area (Å²) in [5.74, 6) is -0.202. The van der Waals surface area contributed by atoms with Crippen LogP contribution < -0.4 is 0 Å². The van der Waals surface area contributed by atoms with Crippen molar-refractivity contribution in [3.05, 3.63) is 0 Å². The Labute approximate surface area is 96.5 Å². The van der Waals surface area contributed by atoms with Crippen LogP contribution in [0.4, 0.5) is 0 Å². The van der Waals surface area contributed by atoms with Gasteiger partial charge in [0.25, 0.3) is 0 Å². The van der Waals surface area contributed by atoms with E-state index in [0.717, 1.165) is 13.1 Å². The summed E-state index contributed by atoms with van der Waals surface area (Å²) in [6.45, 7) is 3.89. The molecule has 0 amide bonds. The number of ketones is 1. The number of sulfonamides is 1. The van der Waals surface area contributed by atoms with Crippen LogP contribution in [0.2, 0.25) is 0 Å². The maximum atomic E-state index is 12.3. The third kappa shape index (κ3) is 1.69. The standard InChI is InChI=1S/C10H18N2O3S/c1-9(13)10(3-4-10)16(14,15)12-7-5-11(2)6-8-12/h3-8H2,1-2H3. The first kappa shape index (κ1) is 12.0. The van der Waals surface area contributed by atoms with E-state index in [4.69, 9.17) is 0 Å². The average Bonchev–Trinajstić information content (AvgIpc) is 2.98. The largest absolute Gasteiger partial charge is 0.304 e. The molecule has 0 radical (unpaired) electrons. The smallest absolute Gasteiger partial charge is 0.227 e. The van der Waals surface area contributed by atoms with Gasteiger partial charge < -0.3 is 4.90 Å². The number of nitrogens with zero attached hydrogens (tertiary/aromatic N) is 2. The van der Waals surface area contributed by atoms with Crippen LogP contribution in [0.1, 0.15) is 19.8 Å². The minimum Gasteiger partial charge on any atom is -0.304 e. The Bertz CT molecular complexity index is 392. The first-order valence-electron chi connectivity index (χ1n) is 5.59. The van der Waals surface area contributed by atoms with Crippen molar-refractivity contribution < 1.29 is 13.2 Å². The number of likely N-dealkylation sites (N-methyl/N-ethyl adjacent to an activating group) is 1. The van der Waals surface area contributed by atoms with Crippen molar-refractivity contribution in [2.24, 2.45) is 0 Å². The van der Waals surface area contributed by atoms with Crippen LogP contribution in [0, 0.1) is 0 Å². The molecule has 0 atom stereocenters. The van der Waals surface area contributed by atoms with E-state index in [9.17, 15) is 13.2 Å². The molecule has 92 valence electrons. The zero-order chi connectivity index (χ0) is 12.0. The highest BCUT2D eigenvalue weighted by atomic mass is 32.2. The van der Waals surface area contributed by atoms with Gasteiger partial charge in [0, 0.05) is 26.2 Å². The van der Waals surface area contributed by atoms with E-state index in [-0.39, 0.29) is 5.78 Å². The predicted molar refractivity (Wildman–Crippen MR) is 60.6 cm³/mol. The van der Waals surface area contributed by atoms with E-state index in [2.05, 4.69) is 4.90 Å². The fourth-order valence-corrected chi connectivity index (χ4v) is 4.30. The number of hydrogen-bond donors (Lipinski definition) is 0. The first-order valence-corrected chi connectivity index (χ1v) is 7.03. The van der Waals surface area contributed by atoms with E-state index in [1.165, 1.54) is 11.2 Å². The molecule has 0 aromatic rings. The molecule has 1 saturated carbocycles. The minimum absolute atomic E-state index is 0.202. The molecule has 1 aliphatic heterocycles. The highest BCUT2D eigenvalue weighted by molar-refractivity contribution is 7.91. The third-order valence-electron chi connectivity index (χ3n) is 3.64. The van der Waals surface area contributed by atoms with Crippen molar-refractivity contribution in [3.8, 4) is 0 Å². The van der Waals surface area contributed by atoms with Gasteiger partial charge in [-0.2, -0.15) is 4.31 Å². The summed E-state index contributed by atoms with van der Waals surface area (Å²) in [5, 5.41) is 0. The molecule has 0 unspecified atom stereocenters. The van der Waals surface area contributed by atoms with Crippen molar-refractivity contribution >= 4 is 15.8 Å². The van der Waals surface area contributed by atoms with Crippen molar-refractivity contribution in [1.82, 2.24) is 9.21 Å². The molecule has 16 heavy (non-hydrogen) atoms. The van der Waals surface area contributed by atoms with Crippen LogP contribution in [0.3, 0.4) is 0 Å². The second-order valence-electron chi connectivity index (χ2n) is 4.76. The molecule has 2 rings (SSSR count). The third-order valence-corrected chi connectivity index (χ3v) is 6.37. The SMILES string of the molecule is CC(=O)C1(S(=O)(=O)N2CCN(C)CC2)CC1. The Balaban J connectivity index is 2.17. The molecule has 0 spiro atoms.